The van der Waals surface area contributed by atoms with E-state index in [-0.39, 0.29) is 29.4 Å². The molecule has 0 unspecified atom stereocenters. The molecule has 0 fully saturated rings. The molecule has 0 saturated carbocycles. The molecule has 2 rings (SSSR count). The molecule has 0 aliphatic rings. The zero-order valence-corrected chi connectivity index (χ0v) is 17.4. The third kappa shape index (κ3) is 6.03. The second-order valence-corrected chi connectivity index (χ2v) is 8.06. The van der Waals surface area contributed by atoms with E-state index >= 15 is 0 Å². The maximum Gasteiger partial charge on any atom is 0.307 e. The van der Waals surface area contributed by atoms with Crippen LogP contribution in [0, 0.1) is 0 Å². The molecule has 0 atom stereocenters. The van der Waals surface area contributed by atoms with Crippen molar-refractivity contribution in [1.82, 2.24) is 9.97 Å². The number of anilines is 2. The molecule has 10 nitrogen and oxygen atoms in total. The van der Waals surface area contributed by atoms with Gasteiger partial charge in [0.1, 0.15) is 5.75 Å². The lowest BCUT2D eigenvalue weighted by atomic mass is 10.2. The van der Waals surface area contributed by atoms with Crippen LogP contribution in [0.1, 0.15) is 16.9 Å². The van der Waals surface area contributed by atoms with Crippen molar-refractivity contribution in [2.45, 2.75) is 11.6 Å². The van der Waals surface area contributed by atoms with Crippen molar-refractivity contribution in [3.8, 4) is 5.75 Å². The summed E-state index contributed by atoms with van der Waals surface area (Å²) < 4.78 is 33.1. The van der Waals surface area contributed by atoms with Crippen LogP contribution in [0.2, 0.25) is 5.02 Å². The van der Waals surface area contributed by atoms with Crippen LogP contribution in [-0.4, -0.2) is 57.3 Å². The first-order valence-corrected chi connectivity index (χ1v) is 10.4. The fourth-order valence-corrected chi connectivity index (χ4v) is 2.94. The molecule has 29 heavy (non-hydrogen) atoms. The van der Waals surface area contributed by atoms with E-state index in [1.807, 2.05) is 0 Å². The highest BCUT2D eigenvalue weighted by molar-refractivity contribution is 7.90. The van der Waals surface area contributed by atoms with Crippen LogP contribution < -0.4 is 15.4 Å². The second-order valence-electron chi connectivity index (χ2n) is 5.74. The summed E-state index contributed by atoms with van der Waals surface area (Å²) in [5.41, 5.74) is 0.288. The number of rotatable bonds is 8. The number of hydrogen-bond acceptors (Lipinski definition) is 9. The van der Waals surface area contributed by atoms with E-state index in [0.29, 0.717) is 11.4 Å². The summed E-state index contributed by atoms with van der Waals surface area (Å²) in [6.07, 6.45) is 2.12. The van der Waals surface area contributed by atoms with Gasteiger partial charge >= 0.3 is 5.97 Å². The first-order valence-electron chi connectivity index (χ1n) is 8.18. The standard InChI is InChI=1S/C17H19ClN4O6S/c1-27-13-5-4-10(8-11(13)18)21-16(24)15-12(19-7-6-14(23)28-2)9-20-17(22-15)29(3,25)26/h4-5,8-9,19H,6-7H2,1-3H3,(H,21,24). The lowest BCUT2D eigenvalue weighted by Crippen LogP contribution is -2.20. The molecule has 1 amide bonds. The lowest BCUT2D eigenvalue weighted by Gasteiger charge is -2.12. The van der Waals surface area contributed by atoms with Crippen LogP contribution in [-0.2, 0) is 19.4 Å². The van der Waals surface area contributed by atoms with Crippen molar-refractivity contribution in [2.24, 2.45) is 0 Å². The molecule has 2 aromatic rings. The van der Waals surface area contributed by atoms with Gasteiger partial charge in [0.25, 0.3) is 5.91 Å². The minimum absolute atomic E-state index is 0.0273. The average molecular weight is 443 g/mol. The van der Waals surface area contributed by atoms with E-state index < -0.39 is 26.9 Å². The van der Waals surface area contributed by atoms with E-state index in [4.69, 9.17) is 16.3 Å². The van der Waals surface area contributed by atoms with Crippen LogP contribution in [0.5, 0.6) is 5.75 Å². The molecule has 1 heterocycles. The van der Waals surface area contributed by atoms with Gasteiger partial charge in [0, 0.05) is 18.5 Å². The Hall–Kier alpha value is -2.92. The van der Waals surface area contributed by atoms with E-state index in [1.165, 1.54) is 20.3 Å². The molecule has 0 aliphatic carbocycles. The average Bonchev–Trinajstić information content (AvgIpc) is 2.67. The van der Waals surface area contributed by atoms with Gasteiger partial charge in [-0.2, -0.15) is 0 Å². The normalized spacial score (nSPS) is 10.9. The van der Waals surface area contributed by atoms with Crippen LogP contribution in [0.15, 0.2) is 29.6 Å². The summed E-state index contributed by atoms with van der Waals surface area (Å²) in [6.45, 7) is 0.128. The largest absolute Gasteiger partial charge is 0.495 e. The zero-order chi connectivity index (χ0) is 21.6. The Morgan fingerprint density at radius 2 is 1.97 bits per heavy atom. The Bertz CT molecular complexity index is 1030. The summed E-state index contributed by atoms with van der Waals surface area (Å²) >= 11 is 6.05. The zero-order valence-electron chi connectivity index (χ0n) is 15.9. The molecule has 0 aliphatic heterocycles. The Balaban J connectivity index is 2.31. The number of sulfone groups is 1. The molecule has 1 aromatic heterocycles. The summed E-state index contributed by atoms with van der Waals surface area (Å²) in [5, 5.41) is 5.18. The van der Waals surface area contributed by atoms with Gasteiger partial charge in [-0.15, -0.1) is 0 Å². The van der Waals surface area contributed by atoms with Crippen molar-refractivity contribution < 1.29 is 27.5 Å². The monoisotopic (exact) mass is 442 g/mol. The summed E-state index contributed by atoms with van der Waals surface area (Å²) in [7, 11) is -1.03. The summed E-state index contributed by atoms with van der Waals surface area (Å²) in [4.78, 5) is 31.6. The highest BCUT2D eigenvalue weighted by atomic mass is 35.5. The maximum absolute atomic E-state index is 12.7. The van der Waals surface area contributed by atoms with E-state index in [1.54, 1.807) is 12.1 Å². The third-order valence-corrected chi connectivity index (χ3v) is 4.75. The highest BCUT2D eigenvalue weighted by Crippen LogP contribution is 2.27. The number of nitrogens with one attached hydrogen (secondary N) is 2. The van der Waals surface area contributed by atoms with Gasteiger partial charge in [-0.25, -0.2) is 18.4 Å². The number of methoxy groups -OCH3 is 2. The SMILES string of the molecule is COC(=O)CCNc1cnc(S(C)(=O)=O)nc1C(=O)Nc1ccc(OC)c(Cl)c1. The minimum atomic E-state index is -3.74. The minimum Gasteiger partial charge on any atom is -0.495 e. The number of carbonyl (C=O) groups excluding carboxylic acids is 2. The molecule has 0 radical (unpaired) electrons. The van der Waals surface area contributed by atoms with Gasteiger partial charge in [-0.05, 0) is 18.2 Å². The van der Waals surface area contributed by atoms with Gasteiger partial charge in [0.15, 0.2) is 5.69 Å². The highest BCUT2D eigenvalue weighted by Gasteiger charge is 2.20. The predicted octanol–water partition coefficient (Wildman–Crippen LogP) is 1.77. The number of aromatic nitrogens is 2. The lowest BCUT2D eigenvalue weighted by molar-refractivity contribution is -0.140. The Labute approximate surface area is 172 Å². The number of amides is 1. The van der Waals surface area contributed by atoms with Crippen molar-refractivity contribution in [3.05, 3.63) is 35.1 Å². The number of nitrogens with zero attached hydrogens (tertiary/aromatic N) is 2. The molecule has 1 aromatic carbocycles. The van der Waals surface area contributed by atoms with E-state index in [9.17, 15) is 18.0 Å². The number of carbonyl (C=O) groups is 2. The number of esters is 1. The topological polar surface area (TPSA) is 137 Å². The quantitative estimate of drug-likeness (QED) is 0.462. The smallest absolute Gasteiger partial charge is 0.307 e. The molecule has 0 bridgehead atoms. The van der Waals surface area contributed by atoms with Crippen LogP contribution in [0.3, 0.4) is 0 Å². The van der Waals surface area contributed by atoms with E-state index in [2.05, 4.69) is 25.3 Å². The van der Waals surface area contributed by atoms with Crippen LogP contribution in [0.4, 0.5) is 11.4 Å². The van der Waals surface area contributed by atoms with Crippen molar-refractivity contribution in [3.63, 3.8) is 0 Å². The second kappa shape index (κ2) is 9.52. The fourth-order valence-electron chi connectivity index (χ4n) is 2.18. The Kier molecular flexibility index (Phi) is 7.35. The van der Waals surface area contributed by atoms with Crippen LogP contribution in [0.25, 0.3) is 0 Å². The van der Waals surface area contributed by atoms with Gasteiger partial charge < -0.3 is 20.1 Å². The Morgan fingerprint density at radius 1 is 1.24 bits per heavy atom. The molecule has 0 saturated heterocycles. The molecular weight excluding hydrogens is 424 g/mol. The Morgan fingerprint density at radius 3 is 2.55 bits per heavy atom. The van der Waals surface area contributed by atoms with Gasteiger partial charge in [-0.1, -0.05) is 11.6 Å². The van der Waals surface area contributed by atoms with Gasteiger partial charge in [0.2, 0.25) is 15.0 Å². The summed E-state index contributed by atoms with van der Waals surface area (Å²) in [6, 6.07) is 4.60. The van der Waals surface area contributed by atoms with Gasteiger partial charge in [-0.3, -0.25) is 9.59 Å². The van der Waals surface area contributed by atoms with Crippen molar-refractivity contribution in [2.75, 3.05) is 37.7 Å². The number of halogens is 1. The number of ether oxygens (including phenoxy) is 2. The first-order chi connectivity index (χ1) is 13.7. The molecule has 0 spiro atoms. The number of benzene rings is 1. The van der Waals surface area contributed by atoms with Crippen LogP contribution >= 0.6 is 11.6 Å². The fraction of sp³-hybridized carbons (Fsp3) is 0.294. The number of hydrogen-bond donors (Lipinski definition) is 2. The van der Waals surface area contributed by atoms with Gasteiger partial charge in [0.05, 0.1) is 37.5 Å². The van der Waals surface area contributed by atoms with Crippen molar-refractivity contribution in [1.29, 1.82) is 0 Å². The predicted molar refractivity (Wildman–Crippen MR) is 106 cm³/mol. The summed E-state index contributed by atoms with van der Waals surface area (Å²) in [5.74, 6) is -0.722. The van der Waals surface area contributed by atoms with E-state index in [0.717, 1.165) is 12.5 Å². The maximum atomic E-state index is 12.7. The third-order valence-electron chi connectivity index (χ3n) is 3.60. The molecular formula is C17H19ClN4O6S. The molecule has 156 valence electrons. The molecule has 2 N–H and O–H groups in total. The van der Waals surface area contributed by atoms with Crippen molar-refractivity contribution >= 4 is 44.7 Å². The molecule has 12 heteroatoms. The first kappa shape index (κ1) is 22.4.